The number of aryl methyl sites for hydroxylation is 1. The first-order chi connectivity index (χ1) is 20.2. The van der Waals surface area contributed by atoms with Gasteiger partial charge in [0.15, 0.2) is 11.3 Å². The standard InChI is InChI=1S/C29H43NO10S2/c1-4-36-21(32)8-6-18-13-19-9-11-37-24(19)26-25(18)39-28-23(34)22(33)27(35)29(15-31,40-28)16-42-41-14-20(7-5-17(2)3)30-10-12-38-26/h9,11,13,17,20,22-23,27-28,30-31,33-35H,4-8,10,12,14-16H2,1-3H3. The van der Waals surface area contributed by atoms with E-state index in [1.54, 1.807) is 29.9 Å². The summed E-state index contributed by atoms with van der Waals surface area (Å²) in [6, 6.07) is 3.78. The fraction of sp³-hybridized carbons (Fsp3) is 0.690. The highest BCUT2D eigenvalue weighted by molar-refractivity contribution is 8.76. The Labute approximate surface area is 254 Å². The van der Waals surface area contributed by atoms with E-state index in [1.807, 2.05) is 0 Å². The minimum Gasteiger partial charge on any atom is -0.485 e. The van der Waals surface area contributed by atoms with E-state index < -0.39 is 36.8 Å². The van der Waals surface area contributed by atoms with Crippen LogP contribution in [0.5, 0.6) is 11.5 Å². The largest absolute Gasteiger partial charge is 0.485 e. The zero-order valence-corrected chi connectivity index (χ0v) is 26.0. The number of aliphatic hydroxyl groups excluding tert-OH is 4. The number of aliphatic hydroxyl groups is 4. The Bertz CT molecular complexity index is 1160. The SMILES string of the molecule is CCOC(=O)CCc1cc2ccoc2c2c1OC1OC(CO)(CSSCC(CCC(C)C)NCCO2)C(O)C(O)C1O. The second-order valence-electron chi connectivity index (χ2n) is 11.1. The fourth-order valence-electron chi connectivity index (χ4n) is 5.04. The van der Waals surface area contributed by atoms with Crippen LogP contribution in [0.3, 0.4) is 0 Å². The molecule has 11 nitrogen and oxygen atoms in total. The zero-order valence-electron chi connectivity index (χ0n) is 24.3. The molecule has 1 saturated heterocycles. The van der Waals surface area contributed by atoms with Crippen molar-refractivity contribution in [3.8, 4) is 11.5 Å². The predicted octanol–water partition coefficient (Wildman–Crippen LogP) is 2.65. The number of hydrogen-bond acceptors (Lipinski definition) is 13. The molecule has 2 aromatic rings. The number of fused-ring (bicyclic) bond motifs is 5. The monoisotopic (exact) mass is 629 g/mol. The van der Waals surface area contributed by atoms with Gasteiger partial charge in [0.25, 0.3) is 0 Å². The third-order valence-corrected chi connectivity index (χ3v) is 10.1. The molecule has 0 aliphatic carbocycles. The lowest BCUT2D eigenvalue weighted by molar-refractivity contribution is -0.312. The molecule has 0 amide bonds. The number of benzene rings is 1. The highest BCUT2D eigenvalue weighted by Gasteiger charge is 2.54. The molecule has 0 spiro atoms. The predicted molar refractivity (Wildman–Crippen MR) is 161 cm³/mol. The van der Waals surface area contributed by atoms with Gasteiger partial charge in [0, 0.05) is 35.9 Å². The van der Waals surface area contributed by atoms with Gasteiger partial charge in [-0.1, -0.05) is 35.4 Å². The van der Waals surface area contributed by atoms with Crippen LogP contribution in [0.15, 0.2) is 22.8 Å². The van der Waals surface area contributed by atoms with Crippen molar-refractivity contribution in [2.45, 2.75) is 82.7 Å². The molecule has 6 unspecified atom stereocenters. The van der Waals surface area contributed by atoms with Crippen molar-refractivity contribution < 1.29 is 48.6 Å². The van der Waals surface area contributed by atoms with Crippen LogP contribution in [-0.4, -0.2) is 101 Å². The molecular formula is C29H43NO10S2. The van der Waals surface area contributed by atoms with Crippen molar-refractivity contribution in [3.63, 3.8) is 0 Å². The third kappa shape index (κ3) is 7.86. The van der Waals surface area contributed by atoms with Crippen molar-refractivity contribution in [2.24, 2.45) is 5.92 Å². The smallest absolute Gasteiger partial charge is 0.306 e. The van der Waals surface area contributed by atoms with Crippen molar-refractivity contribution in [1.29, 1.82) is 0 Å². The van der Waals surface area contributed by atoms with E-state index in [0.29, 0.717) is 23.6 Å². The normalized spacial score (nSPS) is 29.2. The van der Waals surface area contributed by atoms with Crippen LogP contribution in [0.4, 0.5) is 0 Å². The quantitative estimate of drug-likeness (QED) is 0.214. The maximum absolute atomic E-state index is 12.2. The maximum atomic E-state index is 12.2. The first kappa shape index (κ1) is 33.2. The molecule has 42 heavy (non-hydrogen) atoms. The molecular weight excluding hydrogens is 586 g/mol. The molecule has 1 fully saturated rings. The number of esters is 1. The molecule has 6 atom stereocenters. The Morgan fingerprint density at radius 2 is 2.02 bits per heavy atom. The number of carbonyl (C=O) groups is 1. The average Bonchev–Trinajstić information content (AvgIpc) is 3.44. The van der Waals surface area contributed by atoms with Crippen molar-refractivity contribution in [1.82, 2.24) is 5.32 Å². The highest BCUT2D eigenvalue weighted by Crippen LogP contribution is 2.44. The minimum absolute atomic E-state index is 0.0654. The summed E-state index contributed by atoms with van der Waals surface area (Å²) in [5, 5.41) is 47.4. The Balaban J connectivity index is 1.73. The highest BCUT2D eigenvalue weighted by atomic mass is 33.1. The van der Waals surface area contributed by atoms with Crippen molar-refractivity contribution in [2.75, 3.05) is 37.9 Å². The molecule has 3 heterocycles. The summed E-state index contributed by atoms with van der Waals surface area (Å²) in [5.74, 6) is 1.50. The van der Waals surface area contributed by atoms with E-state index in [1.165, 1.54) is 17.1 Å². The molecule has 2 aliphatic rings. The van der Waals surface area contributed by atoms with Crippen LogP contribution in [0, 0.1) is 5.92 Å². The van der Waals surface area contributed by atoms with Crippen molar-refractivity contribution >= 4 is 38.5 Å². The van der Waals surface area contributed by atoms with Gasteiger partial charge >= 0.3 is 5.97 Å². The van der Waals surface area contributed by atoms with Crippen LogP contribution in [-0.2, 0) is 20.7 Å². The van der Waals surface area contributed by atoms with Gasteiger partial charge in [-0.3, -0.25) is 4.79 Å². The Morgan fingerprint density at radius 1 is 1.21 bits per heavy atom. The van der Waals surface area contributed by atoms with Gasteiger partial charge in [-0.15, -0.1) is 0 Å². The molecule has 4 rings (SSSR count). The fourth-order valence-corrected chi connectivity index (χ4v) is 7.83. The lowest BCUT2D eigenvalue weighted by atomic mass is 9.88. The number of nitrogens with one attached hydrogen (secondary N) is 1. The summed E-state index contributed by atoms with van der Waals surface area (Å²) in [6.07, 6.45) is -2.51. The van der Waals surface area contributed by atoms with E-state index in [-0.39, 0.29) is 55.3 Å². The molecule has 1 aromatic heterocycles. The number of rotatable bonds is 8. The van der Waals surface area contributed by atoms with Gasteiger partial charge in [-0.2, -0.15) is 0 Å². The van der Waals surface area contributed by atoms with Gasteiger partial charge in [0.1, 0.15) is 30.5 Å². The van der Waals surface area contributed by atoms with E-state index in [4.69, 9.17) is 23.4 Å². The second-order valence-corrected chi connectivity index (χ2v) is 13.6. The Kier molecular flexibility index (Phi) is 12.1. The Morgan fingerprint density at radius 3 is 2.76 bits per heavy atom. The van der Waals surface area contributed by atoms with Gasteiger partial charge in [0.05, 0.1) is 19.5 Å². The molecule has 0 saturated carbocycles. The summed E-state index contributed by atoms with van der Waals surface area (Å²) in [7, 11) is 3.00. The van der Waals surface area contributed by atoms with E-state index in [0.717, 1.165) is 24.0 Å². The summed E-state index contributed by atoms with van der Waals surface area (Å²) < 4.78 is 29.5. The Hall–Kier alpha value is -1.71. The topological polar surface area (TPSA) is 160 Å². The summed E-state index contributed by atoms with van der Waals surface area (Å²) in [5.41, 5.74) is -0.617. The van der Waals surface area contributed by atoms with E-state index in [9.17, 15) is 25.2 Å². The molecule has 13 heteroatoms. The lowest BCUT2D eigenvalue weighted by Gasteiger charge is -2.47. The molecule has 2 aliphatic heterocycles. The molecule has 0 radical (unpaired) electrons. The third-order valence-electron chi connectivity index (χ3n) is 7.51. The van der Waals surface area contributed by atoms with Crippen LogP contribution < -0.4 is 14.8 Å². The van der Waals surface area contributed by atoms with Gasteiger partial charge in [-0.25, -0.2) is 0 Å². The van der Waals surface area contributed by atoms with Crippen LogP contribution in [0.25, 0.3) is 11.0 Å². The first-order valence-corrected chi connectivity index (χ1v) is 17.0. The molecule has 5 N–H and O–H groups in total. The van der Waals surface area contributed by atoms with Crippen LogP contribution in [0.2, 0.25) is 0 Å². The molecule has 2 bridgehead atoms. The lowest BCUT2D eigenvalue weighted by Crippen LogP contribution is -2.68. The molecule has 236 valence electrons. The molecule has 1 aromatic carbocycles. The van der Waals surface area contributed by atoms with Crippen LogP contribution in [0.1, 0.15) is 45.6 Å². The van der Waals surface area contributed by atoms with E-state index in [2.05, 4.69) is 19.2 Å². The first-order valence-electron chi connectivity index (χ1n) is 14.5. The zero-order chi connectivity index (χ0) is 30.3. The number of carbonyl (C=O) groups excluding carboxylic acids is 1. The summed E-state index contributed by atoms with van der Waals surface area (Å²) >= 11 is 0. The van der Waals surface area contributed by atoms with Gasteiger partial charge in [0.2, 0.25) is 12.0 Å². The number of hydrogen-bond donors (Lipinski definition) is 5. The maximum Gasteiger partial charge on any atom is 0.306 e. The number of ether oxygens (including phenoxy) is 4. The van der Waals surface area contributed by atoms with Crippen LogP contribution >= 0.6 is 21.6 Å². The van der Waals surface area contributed by atoms with E-state index >= 15 is 0 Å². The summed E-state index contributed by atoms with van der Waals surface area (Å²) in [6.45, 7) is 6.57. The van der Waals surface area contributed by atoms with Gasteiger partial charge < -0.3 is 49.1 Å². The van der Waals surface area contributed by atoms with Gasteiger partial charge in [-0.05, 0) is 49.8 Å². The average molecular weight is 630 g/mol. The summed E-state index contributed by atoms with van der Waals surface area (Å²) in [4.78, 5) is 12.2. The van der Waals surface area contributed by atoms with Crippen molar-refractivity contribution in [3.05, 3.63) is 24.0 Å². The minimum atomic E-state index is -1.66. The second kappa shape index (κ2) is 15.3. The number of furan rings is 1.